The first-order valence-corrected chi connectivity index (χ1v) is 11.0. The van der Waals surface area contributed by atoms with Crippen LogP contribution in [0.15, 0.2) is 35.5 Å². The number of terminal acetylenes is 1. The first-order valence-electron chi connectivity index (χ1n) is 11.0. The summed E-state index contributed by atoms with van der Waals surface area (Å²) in [5, 5.41) is 5.16. The zero-order valence-corrected chi connectivity index (χ0v) is 19.2. The van der Waals surface area contributed by atoms with E-state index in [0.29, 0.717) is 12.1 Å². The molecule has 0 saturated heterocycles. The molecule has 1 aromatic carbocycles. The van der Waals surface area contributed by atoms with Gasteiger partial charge in [-0.05, 0) is 30.9 Å². The molecular formula is C24H27F3N4O3. The van der Waals surface area contributed by atoms with Gasteiger partial charge in [0, 0.05) is 6.54 Å². The SMILES string of the molecule is C#CCNC(=O)C(CC(C)C)N1CC2=C(C1=O)C(c1ccccc1C(F)(F)F)NC(=O)N2CC. The lowest BCUT2D eigenvalue weighted by Crippen LogP contribution is -2.49. The van der Waals surface area contributed by atoms with Gasteiger partial charge in [-0.25, -0.2) is 4.79 Å². The third-order valence-electron chi connectivity index (χ3n) is 5.88. The molecule has 2 atom stereocenters. The standard InChI is InChI=1S/C24H27F3N4O3/c1-5-11-28-21(32)17(12-14(3)4)31-13-18-19(22(31)33)20(29-23(34)30(18)6-2)15-9-7-8-10-16(15)24(25,26)27/h1,7-10,14,17,20H,6,11-13H2,2-4H3,(H,28,32)(H,29,34). The number of urea groups is 1. The Morgan fingerprint density at radius 3 is 2.56 bits per heavy atom. The van der Waals surface area contributed by atoms with E-state index in [4.69, 9.17) is 6.42 Å². The van der Waals surface area contributed by atoms with Gasteiger partial charge >= 0.3 is 12.2 Å². The smallest absolute Gasteiger partial charge is 0.343 e. The molecule has 0 aromatic heterocycles. The summed E-state index contributed by atoms with van der Waals surface area (Å²) in [4.78, 5) is 42.0. The lowest BCUT2D eigenvalue weighted by Gasteiger charge is -2.33. The van der Waals surface area contributed by atoms with Crippen molar-refractivity contribution in [3.63, 3.8) is 0 Å². The highest BCUT2D eigenvalue weighted by Crippen LogP contribution is 2.42. The lowest BCUT2D eigenvalue weighted by molar-refractivity contribution is -0.139. The number of alkyl halides is 3. The van der Waals surface area contributed by atoms with E-state index in [1.807, 2.05) is 13.8 Å². The van der Waals surface area contributed by atoms with Crippen molar-refractivity contribution in [3.8, 4) is 12.3 Å². The maximum Gasteiger partial charge on any atom is 0.416 e. The Hall–Kier alpha value is -3.48. The first kappa shape index (κ1) is 25.1. The molecule has 34 heavy (non-hydrogen) atoms. The van der Waals surface area contributed by atoms with Crippen molar-refractivity contribution in [3.05, 3.63) is 46.7 Å². The Balaban J connectivity index is 2.08. The van der Waals surface area contributed by atoms with Gasteiger partial charge in [-0.2, -0.15) is 13.2 Å². The monoisotopic (exact) mass is 476 g/mol. The summed E-state index contributed by atoms with van der Waals surface area (Å²) in [5.74, 6) is 1.32. The molecule has 0 aliphatic carbocycles. The summed E-state index contributed by atoms with van der Waals surface area (Å²) >= 11 is 0. The molecule has 182 valence electrons. The Morgan fingerprint density at radius 2 is 1.97 bits per heavy atom. The first-order chi connectivity index (χ1) is 16.0. The second kappa shape index (κ2) is 9.79. The molecule has 7 nitrogen and oxygen atoms in total. The summed E-state index contributed by atoms with van der Waals surface area (Å²) in [7, 11) is 0. The van der Waals surface area contributed by atoms with Crippen LogP contribution in [-0.4, -0.2) is 53.3 Å². The number of benzene rings is 1. The van der Waals surface area contributed by atoms with Crippen LogP contribution in [0.25, 0.3) is 0 Å². The highest BCUT2D eigenvalue weighted by Gasteiger charge is 2.48. The largest absolute Gasteiger partial charge is 0.416 e. The Morgan fingerprint density at radius 1 is 1.29 bits per heavy atom. The maximum absolute atomic E-state index is 13.8. The third kappa shape index (κ3) is 4.74. The number of nitrogens with zero attached hydrogens (tertiary/aromatic N) is 2. The summed E-state index contributed by atoms with van der Waals surface area (Å²) in [6.45, 7) is 5.60. The molecule has 2 aliphatic rings. The number of amides is 4. The fourth-order valence-corrected chi connectivity index (χ4v) is 4.42. The van der Waals surface area contributed by atoms with Gasteiger partial charge in [0.2, 0.25) is 5.91 Å². The Bertz CT molecular complexity index is 1060. The molecule has 2 unspecified atom stereocenters. The predicted molar refractivity (Wildman–Crippen MR) is 119 cm³/mol. The van der Waals surface area contributed by atoms with E-state index >= 15 is 0 Å². The van der Waals surface area contributed by atoms with Gasteiger partial charge in [-0.1, -0.05) is 38.0 Å². The lowest BCUT2D eigenvalue weighted by atomic mass is 9.91. The van der Waals surface area contributed by atoms with Gasteiger partial charge in [0.1, 0.15) is 6.04 Å². The van der Waals surface area contributed by atoms with Crippen LogP contribution in [0, 0.1) is 18.3 Å². The minimum absolute atomic E-state index is 0.0225. The van der Waals surface area contributed by atoms with Gasteiger partial charge in [0.15, 0.2) is 0 Å². The van der Waals surface area contributed by atoms with Crippen LogP contribution in [-0.2, 0) is 15.8 Å². The molecule has 0 saturated carbocycles. The van der Waals surface area contributed by atoms with Crippen molar-refractivity contribution in [1.29, 1.82) is 0 Å². The molecule has 3 rings (SSSR count). The van der Waals surface area contributed by atoms with Crippen LogP contribution in [0.3, 0.4) is 0 Å². The average molecular weight is 476 g/mol. The van der Waals surface area contributed by atoms with E-state index in [2.05, 4.69) is 16.6 Å². The molecule has 10 heteroatoms. The highest BCUT2D eigenvalue weighted by atomic mass is 19.4. The number of halogens is 3. The number of nitrogens with one attached hydrogen (secondary N) is 2. The highest BCUT2D eigenvalue weighted by molar-refractivity contribution is 6.03. The number of likely N-dealkylation sites (N-methyl/N-ethyl adjacent to an activating group) is 1. The quantitative estimate of drug-likeness (QED) is 0.594. The van der Waals surface area contributed by atoms with Crippen LogP contribution >= 0.6 is 0 Å². The minimum atomic E-state index is -4.68. The fraction of sp³-hybridized carbons (Fsp3) is 0.458. The van der Waals surface area contributed by atoms with Crippen molar-refractivity contribution in [1.82, 2.24) is 20.4 Å². The van der Waals surface area contributed by atoms with Crippen LogP contribution in [0.2, 0.25) is 0 Å². The Kier molecular flexibility index (Phi) is 7.24. The second-order valence-corrected chi connectivity index (χ2v) is 8.57. The molecular weight excluding hydrogens is 449 g/mol. The van der Waals surface area contributed by atoms with Crippen molar-refractivity contribution in [2.24, 2.45) is 5.92 Å². The topological polar surface area (TPSA) is 81.8 Å². The van der Waals surface area contributed by atoms with E-state index in [1.54, 1.807) is 6.92 Å². The molecule has 2 heterocycles. The van der Waals surface area contributed by atoms with Gasteiger partial charge in [-0.3, -0.25) is 14.5 Å². The summed E-state index contributed by atoms with van der Waals surface area (Å²) in [6, 6.07) is 2.06. The van der Waals surface area contributed by atoms with E-state index < -0.39 is 41.7 Å². The molecule has 0 radical (unpaired) electrons. The van der Waals surface area contributed by atoms with Crippen LogP contribution in [0.5, 0.6) is 0 Å². The summed E-state index contributed by atoms with van der Waals surface area (Å²) in [5.41, 5.74) is -0.818. The molecule has 2 N–H and O–H groups in total. The number of hydrogen-bond donors (Lipinski definition) is 2. The zero-order chi connectivity index (χ0) is 25.2. The molecule has 4 amide bonds. The van der Waals surface area contributed by atoms with Crippen LogP contribution in [0.1, 0.15) is 44.4 Å². The summed E-state index contributed by atoms with van der Waals surface area (Å²) < 4.78 is 41.3. The van der Waals surface area contributed by atoms with E-state index in [9.17, 15) is 27.6 Å². The van der Waals surface area contributed by atoms with Crippen LogP contribution in [0.4, 0.5) is 18.0 Å². The molecule has 0 spiro atoms. The van der Waals surface area contributed by atoms with Gasteiger partial charge in [0.25, 0.3) is 5.91 Å². The van der Waals surface area contributed by atoms with Crippen molar-refractivity contribution in [2.45, 2.75) is 45.5 Å². The number of rotatable bonds is 7. The Labute approximate surface area is 196 Å². The average Bonchev–Trinajstić information content (AvgIpc) is 3.11. The van der Waals surface area contributed by atoms with Crippen LogP contribution < -0.4 is 10.6 Å². The maximum atomic E-state index is 13.8. The summed E-state index contributed by atoms with van der Waals surface area (Å²) in [6.07, 6.45) is 0.879. The number of carbonyl (C=O) groups is 3. The predicted octanol–water partition coefficient (Wildman–Crippen LogP) is 3.05. The second-order valence-electron chi connectivity index (χ2n) is 8.57. The van der Waals surface area contributed by atoms with E-state index in [-0.39, 0.29) is 36.7 Å². The van der Waals surface area contributed by atoms with Gasteiger partial charge in [-0.15, -0.1) is 6.42 Å². The van der Waals surface area contributed by atoms with Gasteiger partial charge < -0.3 is 15.5 Å². The minimum Gasteiger partial charge on any atom is -0.343 e. The van der Waals surface area contributed by atoms with Crippen molar-refractivity contribution < 1.29 is 27.6 Å². The van der Waals surface area contributed by atoms with Crippen molar-refractivity contribution >= 4 is 17.8 Å². The van der Waals surface area contributed by atoms with Crippen molar-refractivity contribution in [2.75, 3.05) is 19.6 Å². The zero-order valence-electron chi connectivity index (χ0n) is 19.2. The number of hydrogen-bond acceptors (Lipinski definition) is 3. The van der Waals surface area contributed by atoms with E-state index in [1.165, 1.54) is 28.0 Å². The fourth-order valence-electron chi connectivity index (χ4n) is 4.42. The van der Waals surface area contributed by atoms with Gasteiger partial charge in [0.05, 0.1) is 36.0 Å². The third-order valence-corrected chi connectivity index (χ3v) is 5.88. The molecule has 2 aliphatic heterocycles. The molecule has 0 bridgehead atoms. The normalized spacial score (nSPS) is 19.2. The van der Waals surface area contributed by atoms with E-state index in [0.717, 1.165) is 6.07 Å². The number of carbonyl (C=O) groups excluding carboxylic acids is 3. The molecule has 1 aromatic rings. The molecule has 0 fully saturated rings.